The number of amides is 1. The van der Waals surface area contributed by atoms with Crippen molar-refractivity contribution in [2.24, 2.45) is 0 Å². The highest BCUT2D eigenvalue weighted by Gasteiger charge is 2.23. The van der Waals surface area contributed by atoms with Crippen molar-refractivity contribution in [1.82, 2.24) is 10.3 Å². The Kier molecular flexibility index (Phi) is 4.29. The number of nitrogens with zero attached hydrogens (tertiary/aromatic N) is 1. The van der Waals surface area contributed by atoms with Crippen molar-refractivity contribution in [3.63, 3.8) is 0 Å². The third kappa shape index (κ3) is 2.78. The number of aromatic nitrogens is 1. The molecule has 106 valence electrons. The van der Waals surface area contributed by atoms with Crippen LogP contribution in [0.4, 0.5) is 0 Å². The number of rotatable bonds is 4. The molecule has 2 aromatic rings. The van der Waals surface area contributed by atoms with E-state index in [0.29, 0.717) is 10.7 Å². The van der Waals surface area contributed by atoms with Crippen molar-refractivity contribution >= 4 is 28.3 Å². The lowest BCUT2D eigenvalue weighted by Crippen LogP contribution is -2.45. The molecule has 0 spiro atoms. The monoisotopic (exact) mass is 290 g/mol. The molecule has 2 rings (SSSR count). The molecule has 0 bridgehead atoms. The maximum Gasteiger partial charge on any atom is 0.253 e. The second-order valence-electron chi connectivity index (χ2n) is 5.23. The van der Waals surface area contributed by atoms with Gasteiger partial charge in [-0.1, -0.05) is 49.7 Å². The van der Waals surface area contributed by atoms with Crippen LogP contribution in [-0.2, 0) is 0 Å². The summed E-state index contributed by atoms with van der Waals surface area (Å²) in [4.78, 5) is 16.6. The minimum absolute atomic E-state index is 0.100. The standard InChI is InChI=1S/C16H19ClN2O/c1-4-16(3,5-2)19-15(20)13-10-18-14(17)12-9-7-6-8-11(12)13/h6-10H,4-5H2,1-3H3,(H,19,20). The minimum Gasteiger partial charge on any atom is -0.347 e. The van der Waals surface area contributed by atoms with E-state index < -0.39 is 0 Å². The van der Waals surface area contributed by atoms with Gasteiger partial charge in [0.1, 0.15) is 5.15 Å². The lowest BCUT2D eigenvalue weighted by molar-refractivity contribution is 0.0902. The highest BCUT2D eigenvalue weighted by Crippen LogP contribution is 2.25. The van der Waals surface area contributed by atoms with Crippen LogP contribution in [0.15, 0.2) is 30.5 Å². The van der Waals surface area contributed by atoms with Crippen molar-refractivity contribution < 1.29 is 4.79 Å². The zero-order valence-corrected chi connectivity index (χ0v) is 12.8. The van der Waals surface area contributed by atoms with Crippen molar-refractivity contribution in [3.8, 4) is 0 Å². The van der Waals surface area contributed by atoms with Gasteiger partial charge < -0.3 is 5.32 Å². The molecule has 1 amide bonds. The Labute approximate surface area is 124 Å². The van der Waals surface area contributed by atoms with E-state index in [2.05, 4.69) is 31.1 Å². The number of carbonyl (C=O) groups is 1. The minimum atomic E-state index is -0.197. The van der Waals surface area contributed by atoms with E-state index in [1.54, 1.807) is 6.20 Å². The largest absolute Gasteiger partial charge is 0.347 e. The Balaban J connectivity index is 2.43. The van der Waals surface area contributed by atoms with Gasteiger partial charge in [-0.15, -0.1) is 0 Å². The van der Waals surface area contributed by atoms with Gasteiger partial charge in [-0.05, 0) is 25.2 Å². The van der Waals surface area contributed by atoms with Crippen LogP contribution in [0.25, 0.3) is 10.8 Å². The van der Waals surface area contributed by atoms with Gasteiger partial charge in [0, 0.05) is 17.1 Å². The zero-order valence-electron chi connectivity index (χ0n) is 12.0. The molecule has 0 aliphatic rings. The highest BCUT2D eigenvalue weighted by atomic mass is 35.5. The van der Waals surface area contributed by atoms with Crippen molar-refractivity contribution in [2.75, 3.05) is 0 Å². The first-order valence-electron chi connectivity index (χ1n) is 6.86. The topological polar surface area (TPSA) is 42.0 Å². The number of nitrogens with one attached hydrogen (secondary N) is 1. The van der Waals surface area contributed by atoms with Crippen LogP contribution < -0.4 is 5.32 Å². The van der Waals surface area contributed by atoms with Gasteiger partial charge in [-0.2, -0.15) is 0 Å². The molecule has 3 nitrogen and oxygen atoms in total. The molecule has 1 aromatic heterocycles. The summed E-state index contributed by atoms with van der Waals surface area (Å²) < 4.78 is 0. The average Bonchev–Trinajstić information content (AvgIpc) is 2.47. The zero-order chi connectivity index (χ0) is 14.8. The fourth-order valence-electron chi connectivity index (χ4n) is 2.11. The lowest BCUT2D eigenvalue weighted by atomic mass is 9.95. The lowest BCUT2D eigenvalue weighted by Gasteiger charge is -2.28. The van der Waals surface area contributed by atoms with Gasteiger partial charge in [-0.25, -0.2) is 4.98 Å². The number of hydrogen-bond donors (Lipinski definition) is 1. The van der Waals surface area contributed by atoms with Crippen LogP contribution in [0.5, 0.6) is 0 Å². The fourth-order valence-corrected chi connectivity index (χ4v) is 2.32. The third-order valence-electron chi connectivity index (χ3n) is 3.97. The molecule has 0 radical (unpaired) electrons. The maximum absolute atomic E-state index is 12.5. The normalized spacial score (nSPS) is 11.6. The molecule has 0 unspecified atom stereocenters. The van der Waals surface area contributed by atoms with Gasteiger partial charge in [0.05, 0.1) is 5.56 Å². The van der Waals surface area contributed by atoms with Crippen LogP contribution in [0.1, 0.15) is 44.0 Å². The summed E-state index contributed by atoms with van der Waals surface area (Å²) in [6, 6.07) is 7.56. The number of carbonyl (C=O) groups excluding carboxylic acids is 1. The van der Waals surface area contributed by atoms with Crippen molar-refractivity contribution in [2.45, 2.75) is 39.2 Å². The number of hydrogen-bond acceptors (Lipinski definition) is 2. The van der Waals surface area contributed by atoms with Crippen LogP contribution in [0.3, 0.4) is 0 Å². The molecule has 0 saturated heterocycles. The van der Waals surface area contributed by atoms with Crippen LogP contribution in [-0.4, -0.2) is 16.4 Å². The van der Waals surface area contributed by atoms with E-state index in [4.69, 9.17) is 11.6 Å². The third-order valence-corrected chi connectivity index (χ3v) is 4.27. The van der Waals surface area contributed by atoms with Crippen LogP contribution in [0.2, 0.25) is 5.15 Å². The van der Waals surface area contributed by atoms with E-state index >= 15 is 0 Å². The van der Waals surface area contributed by atoms with Gasteiger partial charge in [0.2, 0.25) is 0 Å². The second kappa shape index (κ2) is 5.80. The molecule has 4 heteroatoms. The number of fused-ring (bicyclic) bond motifs is 1. The van der Waals surface area contributed by atoms with Gasteiger partial charge in [0.25, 0.3) is 5.91 Å². The van der Waals surface area contributed by atoms with Gasteiger partial charge >= 0.3 is 0 Å². The maximum atomic E-state index is 12.5. The molecular weight excluding hydrogens is 272 g/mol. The molecule has 1 N–H and O–H groups in total. The molecule has 0 fully saturated rings. The first kappa shape index (κ1) is 14.8. The fraction of sp³-hybridized carbons (Fsp3) is 0.375. The number of benzene rings is 1. The Hall–Kier alpha value is -1.61. The Bertz CT molecular complexity index is 635. The average molecular weight is 291 g/mol. The van der Waals surface area contributed by atoms with Crippen molar-refractivity contribution in [3.05, 3.63) is 41.2 Å². The van der Waals surface area contributed by atoms with E-state index in [-0.39, 0.29) is 11.4 Å². The van der Waals surface area contributed by atoms with Gasteiger partial charge in [-0.3, -0.25) is 4.79 Å². The highest BCUT2D eigenvalue weighted by molar-refractivity contribution is 6.34. The predicted molar refractivity (Wildman–Crippen MR) is 83.2 cm³/mol. The van der Waals surface area contributed by atoms with E-state index in [1.807, 2.05) is 24.3 Å². The van der Waals surface area contributed by atoms with Crippen LogP contribution >= 0.6 is 11.6 Å². The second-order valence-corrected chi connectivity index (χ2v) is 5.59. The van der Waals surface area contributed by atoms with E-state index in [1.165, 1.54) is 0 Å². The van der Waals surface area contributed by atoms with Crippen LogP contribution in [0, 0.1) is 0 Å². The molecule has 1 aromatic carbocycles. The molecule has 0 atom stereocenters. The summed E-state index contributed by atoms with van der Waals surface area (Å²) in [5.41, 5.74) is 0.371. The molecule has 0 aliphatic carbocycles. The van der Waals surface area contributed by atoms with Gasteiger partial charge in [0.15, 0.2) is 0 Å². The molecule has 20 heavy (non-hydrogen) atoms. The Morgan fingerprint density at radius 2 is 1.85 bits per heavy atom. The van der Waals surface area contributed by atoms with E-state index in [9.17, 15) is 4.79 Å². The van der Waals surface area contributed by atoms with E-state index in [0.717, 1.165) is 23.6 Å². The first-order chi connectivity index (χ1) is 9.50. The molecule has 1 heterocycles. The summed E-state index contributed by atoms with van der Waals surface area (Å²) in [6.07, 6.45) is 3.31. The summed E-state index contributed by atoms with van der Waals surface area (Å²) in [5, 5.41) is 5.16. The smallest absolute Gasteiger partial charge is 0.253 e. The number of halogens is 1. The van der Waals surface area contributed by atoms with Crippen molar-refractivity contribution in [1.29, 1.82) is 0 Å². The quantitative estimate of drug-likeness (QED) is 0.858. The SMILES string of the molecule is CCC(C)(CC)NC(=O)c1cnc(Cl)c2ccccc12. The molecule has 0 saturated carbocycles. The first-order valence-corrected chi connectivity index (χ1v) is 7.24. The summed E-state index contributed by atoms with van der Waals surface area (Å²) in [7, 11) is 0. The summed E-state index contributed by atoms with van der Waals surface area (Å²) in [6.45, 7) is 6.19. The summed E-state index contributed by atoms with van der Waals surface area (Å²) in [5.74, 6) is -0.100. The Morgan fingerprint density at radius 1 is 1.25 bits per heavy atom. The molecular formula is C16H19ClN2O. The predicted octanol–water partition coefficient (Wildman–Crippen LogP) is 4.20. The molecule has 0 aliphatic heterocycles. The number of pyridine rings is 1. The Morgan fingerprint density at radius 3 is 2.45 bits per heavy atom. The summed E-state index contributed by atoms with van der Waals surface area (Å²) >= 11 is 6.08.